The Morgan fingerprint density at radius 1 is 1.28 bits per heavy atom. The van der Waals surface area contributed by atoms with E-state index in [0.29, 0.717) is 17.9 Å². The lowest BCUT2D eigenvalue weighted by Crippen LogP contribution is -2.54. The molecule has 3 rings (SSSR count). The van der Waals surface area contributed by atoms with Crippen molar-refractivity contribution in [2.24, 2.45) is 5.92 Å². The summed E-state index contributed by atoms with van der Waals surface area (Å²) in [6, 6.07) is 0.982. The Morgan fingerprint density at radius 2 is 1.93 bits per heavy atom. The Kier molecular flexibility index (Phi) is 6.13. The first-order valence-corrected chi connectivity index (χ1v) is 10.3. The average molecular weight is 412 g/mol. The fourth-order valence-electron chi connectivity index (χ4n) is 4.08. The van der Waals surface area contributed by atoms with E-state index in [2.05, 4.69) is 5.16 Å². The van der Waals surface area contributed by atoms with Crippen molar-refractivity contribution in [3.8, 4) is 0 Å². The number of halogens is 2. The van der Waals surface area contributed by atoms with E-state index in [1.165, 1.54) is 4.90 Å². The molecule has 1 saturated carbocycles. The maximum absolute atomic E-state index is 13.4. The van der Waals surface area contributed by atoms with E-state index < -0.39 is 24.0 Å². The van der Waals surface area contributed by atoms with Crippen LogP contribution in [-0.4, -0.2) is 51.5 Å². The van der Waals surface area contributed by atoms with Gasteiger partial charge in [0.15, 0.2) is 5.78 Å². The molecule has 8 heteroatoms. The van der Waals surface area contributed by atoms with E-state index in [1.807, 2.05) is 20.8 Å². The Morgan fingerprint density at radius 3 is 2.52 bits per heavy atom. The summed E-state index contributed by atoms with van der Waals surface area (Å²) in [6.07, 6.45) is -0.447. The van der Waals surface area contributed by atoms with Crippen LogP contribution in [0.15, 0.2) is 10.6 Å². The molecule has 0 aromatic carbocycles. The number of carbonyl (C=O) groups excluding carboxylic acids is 2. The highest BCUT2D eigenvalue weighted by atomic mass is 19.3. The minimum Gasteiger partial charge on any atom is -0.393 e. The number of aromatic nitrogens is 1. The summed E-state index contributed by atoms with van der Waals surface area (Å²) in [5.41, 5.74) is 0.255. The predicted octanol–water partition coefficient (Wildman–Crippen LogP) is 3.26. The van der Waals surface area contributed by atoms with Gasteiger partial charge in [0.2, 0.25) is 11.8 Å². The second-order valence-electron chi connectivity index (χ2n) is 9.43. The first-order chi connectivity index (χ1) is 13.5. The fraction of sp³-hybridized carbons (Fsp3) is 0.762. The van der Waals surface area contributed by atoms with Crippen LogP contribution < -0.4 is 0 Å². The average Bonchev–Trinajstić information content (AvgIpc) is 3.10. The standard InChI is InChI=1S/C21H30F2N2O4/c1-20(2,3)18-11-14(24-29-18)10-17(27)16-12-15(26)6-9-25(16)19(28)13-4-7-21(22,23)8-5-13/h11,13,15-16,26H,4-10,12H2,1-3H3/t15-,16-/m0/s1. The summed E-state index contributed by atoms with van der Waals surface area (Å²) in [5, 5.41) is 14.0. The number of carbonyl (C=O) groups is 2. The van der Waals surface area contributed by atoms with Crippen LogP contribution in [0.3, 0.4) is 0 Å². The van der Waals surface area contributed by atoms with Crippen LogP contribution in [-0.2, 0) is 21.4 Å². The molecule has 0 radical (unpaired) electrons. The molecule has 0 spiro atoms. The number of piperidine rings is 1. The molecule has 29 heavy (non-hydrogen) atoms. The molecule has 1 aliphatic heterocycles. The molecule has 1 aromatic heterocycles. The van der Waals surface area contributed by atoms with Crippen molar-refractivity contribution in [1.82, 2.24) is 10.1 Å². The number of amides is 1. The lowest BCUT2D eigenvalue weighted by atomic mass is 9.84. The number of aliphatic hydroxyl groups is 1. The number of ketones is 1. The Hall–Kier alpha value is -1.83. The summed E-state index contributed by atoms with van der Waals surface area (Å²) >= 11 is 0. The summed E-state index contributed by atoms with van der Waals surface area (Å²) < 4.78 is 32.2. The van der Waals surface area contributed by atoms with Gasteiger partial charge >= 0.3 is 0 Å². The van der Waals surface area contributed by atoms with Crippen molar-refractivity contribution in [2.45, 2.75) is 89.2 Å². The van der Waals surface area contributed by atoms with Gasteiger partial charge in [0.25, 0.3) is 0 Å². The van der Waals surface area contributed by atoms with Gasteiger partial charge in [-0.05, 0) is 19.3 Å². The van der Waals surface area contributed by atoms with Crippen molar-refractivity contribution in [3.63, 3.8) is 0 Å². The van der Waals surface area contributed by atoms with Gasteiger partial charge in [-0.2, -0.15) is 0 Å². The van der Waals surface area contributed by atoms with E-state index >= 15 is 0 Å². The number of nitrogens with zero attached hydrogens (tertiary/aromatic N) is 2. The van der Waals surface area contributed by atoms with E-state index in [-0.39, 0.29) is 62.2 Å². The maximum atomic E-state index is 13.4. The van der Waals surface area contributed by atoms with Crippen LogP contribution in [0.5, 0.6) is 0 Å². The van der Waals surface area contributed by atoms with Gasteiger partial charge in [-0.1, -0.05) is 25.9 Å². The molecule has 6 nitrogen and oxygen atoms in total. The molecule has 2 aliphatic rings. The molecule has 0 unspecified atom stereocenters. The molecular weight excluding hydrogens is 382 g/mol. The van der Waals surface area contributed by atoms with Gasteiger partial charge in [-0.25, -0.2) is 8.78 Å². The number of hydrogen-bond donors (Lipinski definition) is 1. The quantitative estimate of drug-likeness (QED) is 0.821. The van der Waals surface area contributed by atoms with Crippen molar-refractivity contribution in [1.29, 1.82) is 0 Å². The number of Topliss-reactive ketones (excluding diaryl/α,β-unsaturated/α-hetero) is 1. The number of rotatable bonds is 4. The smallest absolute Gasteiger partial charge is 0.248 e. The van der Waals surface area contributed by atoms with E-state index in [1.54, 1.807) is 6.07 Å². The SMILES string of the molecule is CC(C)(C)c1cc(CC(=O)[C@@H]2C[C@@H](O)CCN2C(=O)C2CCC(F)(F)CC2)no1. The van der Waals surface area contributed by atoms with Crippen molar-refractivity contribution in [3.05, 3.63) is 17.5 Å². The number of aliphatic hydroxyl groups excluding tert-OH is 1. The van der Waals surface area contributed by atoms with Crippen LogP contribution in [0, 0.1) is 5.92 Å². The van der Waals surface area contributed by atoms with Crippen molar-refractivity contribution >= 4 is 11.7 Å². The summed E-state index contributed by atoms with van der Waals surface area (Å²) in [6.45, 7) is 6.19. The fourth-order valence-corrected chi connectivity index (χ4v) is 4.08. The number of hydrogen-bond acceptors (Lipinski definition) is 5. The topological polar surface area (TPSA) is 83.6 Å². The third-order valence-electron chi connectivity index (χ3n) is 5.95. The zero-order valence-corrected chi connectivity index (χ0v) is 17.3. The monoisotopic (exact) mass is 412 g/mol. The molecule has 162 valence electrons. The maximum Gasteiger partial charge on any atom is 0.248 e. The van der Waals surface area contributed by atoms with Crippen LogP contribution in [0.2, 0.25) is 0 Å². The zero-order valence-electron chi connectivity index (χ0n) is 17.3. The molecule has 1 saturated heterocycles. The minimum atomic E-state index is -2.71. The van der Waals surface area contributed by atoms with Gasteiger partial charge < -0.3 is 14.5 Å². The lowest BCUT2D eigenvalue weighted by Gasteiger charge is -2.40. The first-order valence-electron chi connectivity index (χ1n) is 10.3. The second kappa shape index (κ2) is 8.13. The third kappa shape index (κ3) is 5.21. The molecule has 2 fully saturated rings. The highest BCUT2D eigenvalue weighted by Gasteiger charge is 2.42. The van der Waals surface area contributed by atoms with Crippen molar-refractivity contribution < 1.29 is 28.0 Å². The molecule has 2 atom stereocenters. The predicted molar refractivity (Wildman–Crippen MR) is 102 cm³/mol. The summed E-state index contributed by atoms with van der Waals surface area (Å²) in [4.78, 5) is 27.4. The van der Waals surface area contributed by atoms with Gasteiger partial charge in [0.05, 0.1) is 24.3 Å². The lowest BCUT2D eigenvalue weighted by molar-refractivity contribution is -0.150. The van der Waals surface area contributed by atoms with Gasteiger partial charge in [0.1, 0.15) is 5.76 Å². The molecule has 0 bridgehead atoms. The number of likely N-dealkylation sites (tertiary alicyclic amines) is 1. The van der Waals surface area contributed by atoms with Gasteiger partial charge in [0, 0.05) is 43.2 Å². The Balaban J connectivity index is 1.70. The summed E-state index contributed by atoms with van der Waals surface area (Å²) in [7, 11) is 0. The molecule has 1 amide bonds. The Labute approximate surface area is 169 Å². The number of alkyl halides is 2. The van der Waals surface area contributed by atoms with E-state index in [4.69, 9.17) is 4.52 Å². The van der Waals surface area contributed by atoms with Crippen LogP contribution in [0.4, 0.5) is 8.78 Å². The Bertz CT molecular complexity index is 746. The normalized spacial score (nSPS) is 25.8. The van der Waals surface area contributed by atoms with E-state index in [9.17, 15) is 23.5 Å². The summed E-state index contributed by atoms with van der Waals surface area (Å²) in [5.74, 6) is -2.99. The highest BCUT2D eigenvalue weighted by Crippen LogP contribution is 2.37. The molecule has 1 N–H and O–H groups in total. The largest absolute Gasteiger partial charge is 0.393 e. The minimum absolute atomic E-state index is 0.00346. The highest BCUT2D eigenvalue weighted by molar-refractivity contribution is 5.91. The first kappa shape index (κ1) is 21.9. The van der Waals surface area contributed by atoms with Gasteiger partial charge in [-0.3, -0.25) is 9.59 Å². The molecular formula is C21H30F2N2O4. The van der Waals surface area contributed by atoms with Crippen LogP contribution >= 0.6 is 0 Å². The molecule has 2 heterocycles. The van der Waals surface area contributed by atoms with E-state index in [0.717, 1.165) is 0 Å². The molecule has 1 aromatic rings. The van der Waals surface area contributed by atoms with Crippen LogP contribution in [0.1, 0.15) is 70.8 Å². The zero-order chi connectivity index (χ0) is 21.4. The molecule has 1 aliphatic carbocycles. The van der Waals surface area contributed by atoms with Crippen LogP contribution in [0.25, 0.3) is 0 Å². The van der Waals surface area contributed by atoms with Crippen molar-refractivity contribution in [2.75, 3.05) is 6.54 Å². The second-order valence-corrected chi connectivity index (χ2v) is 9.43. The van der Waals surface area contributed by atoms with Gasteiger partial charge in [-0.15, -0.1) is 0 Å². The third-order valence-corrected chi connectivity index (χ3v) is 5.95.